The van der Waals surface area contributed by atoms with Crippen molar-refractivity contribution in [1.82, 2.24) is 4.98 Å². The van der Waals surface area contributed by atoms with E-state index < -0.39 is 0 Å². The van der Waals surface area contributed by atoms with Crippen LogP contribution in [0.15, 0.2) is 23.6 Å². The average molecular weight is 287 g/mol. The number of halogens is 2. The number of aromatic nitrogens is 1. The lowest BCUT2D eigenvalue weighted by Crippen LogP contribution is -2.01. The van der Waals surface area contributed by atoms with Crippen LogP contribution in [0.2, 0.25) is 10.0 Å². The molecule has 1 N–H and O–H groups in total. The first-order chi connectivity index (χ1) is 8.20. The molecule has 0 bridgehead atoms. The van der Waals surface area contributed by atoms with E-state index in [1.165, 1.54) is 0 Å². The van der Waals surface area contributed by atoms with Crippen LogP contribution in [0, 0.1) is 0 Å². The molecule has 2 rings (SSSR count). The fourth-order valence-corrected chi connectivity index (χ4v) is 2.71. The third-order valence-corrected chi connectivity index (χ3v) is 3.98. The van der Waals surface area contributed by atoms with Gasteiger partial charge in [0.25, 0.3) is 0 Å². The lowest BCUT2D eigenvalue weighted by Gasteiger charge is -2.08. The number of benzene rings is 1. The number of para-hydroxylation sites is 1. The van der Waals surface area contributed by atoms with Gasteiger partial charge in [-0.25, -0.2) is 4.98 Å². The van der Waals surface area contributed by atoms with Crippen molar-refractivity contribution in [2.24, 2.45) is 0 Å². The van der Waals surface area contributed by atoms with E-state index in [1.807, 2.05) is 18.2 Å². The molecule has 2 aromatic rings. The SMILES string of the molecule is CCc1nc(CNc2c(Cl)cccc2Cl)cs1. The van der Waals surface area contributed by atoms with Crippen LogP contribution < -0.4 is 5.32 Å². The monoisotopic (exact) mass is 286 g/mol. The molecule has 0 aliphatic rings. The molecular weight excluding hydrogens is 275 g/mol. The Bertz CT molecular complexity index is 491. The fraction of sp³-hybridized carbons (Fsp3) is 0.250. The number of nitrogens with one attached hydrogen (secondary N) is 1. The second-order valence-corrected chi connectivity index (χ2v) is 5.29. The molecule has 0 saturated carbocycles. The second-order valence-electron chi connectivity index (χ2n) is 3.54. The van der Waals surface area contributed by atoms with Gasteiger partial charge in [-0.15, -0.1) is 11.3 Å². The zero-order valence-electron chi connectivity index (χ0n) is 9.34. The molecule has 0 aliphatic carbocycles. The van der Waals surface area contributed by atoms with Crippen molar-refractivity contribution >= 4 is 40.2 Å². The van der Waals surface area contributed by atoms with Crippen LogP contribution in [0.3, 0.4) is 0 Å². The van der Waals surface area contributed by atoms with E-state index in [4.69, 9.17) is 23.2 Å². The van der Waals surface area contributed by atoms with Crippen LogP contribution in [-0.4, -0.2) is 4.98 Å². The predicted molar refractivity (Wildman–Crippen MR) is 75.3 cm³/mol. The third kappa shape index (κ3) is 3.12. The van der Waals surface area contributed by atoms with Crippen molar-refractivity contribution in [3.8, 4) is 0 Å². The number of aryl methyl sites for hydroxylation is 1. The quantitative estimate of drug-likeness (QED) is 0.887. The van der Waals surface area contributed by atoms with Crippen molar-refractivity contribution < 1.29 is 0 Å². The largest absolute Gasteiger partial charge is 0.377 e. The Morgan fingerprint density at radius 3 is 2.59 bits per heavy atom. The van der Waals surface area contributed by atoms with Crippen LogP contribution in [0.1, 0.15) is 17.6 Å². The fourth-order valence-electron chi connectivity index (χ4n) is 1.44. The van der Waals surface area contributed by atoms with Crippen LogP contribution in [0.4, 0.5) is 5.69 Å². The summed E-state index contributed by atoms with van der Waals surface area (Å²) in [6, 6.07) is 5.45. The Balaban J connectivity index is 2.07. The van der Waals surface area contributed by atoms with Crippen molar-refractivity contribution in [3.63, 3.8) is 0 Å². The Morgan fingerprint density at radius 2 is 2.00 bits per heavy atom. The number of anilines is 1. The van der Waals surface area contributed by atoms with Gasteiger partial charge >= 0.3 is 0 Å². The van der Waals surface area contributed by atoms with Gasteiger partial charge in [0.15, 0.2) is 0 Å². The smallest absolute Gasteiger partial charge is 0.0926 e. The summed E-state index contributed by atoms with van der Waals surface area (Å²) in [6.45, 7) is 2.74. The highest BCUT2D eigenvalue weighted by Crippen LogP contribution is 2.30. The first-order valence-electron chi connectivity index (χ1n) is 5.32. The number of rotatable bonds is 4. The van der Waals surface area contributed by atoms with Gasteiger partial charge in [0.05, 0.1) is 33.0 Å². The van der Waals surface area contributed by atoms with Gasteiger partial charge in [-0.3, -0.25) is 0 Å². The van der Waals surface area contributed by atoms with Gasteiger partial charge in [0, 0.05) is 5.38 Å². The Hall–Kier alpha value is -0.770. The minimum absolute atomic E-state index is 0.628. The summed E-state index contributed by atoms with van der Waals surface area (Å²) in [5.74, 6) is 0. The molecule has 0 saturated heterocycles. The number of hydrogen-bond donors (Lipinski definition) is 1. The van der Waals surface area contributed by atoms with Crippen molar-refractivity contribution in [1.29, 1.82) is 0 Å². The molecule has 0 amide bonds. The molecule has 90 valence electrons. The van der Waals surface area contributed by atoms with Crippen LogP contribution >= 0.6 is 34.5 Å². The standard InChI is InChI=1S/C12H12Cl2N2S/c1-2-11-16-8(7-17-11)6-15-12-9(13)4-3-5-10(12)14/h3-5,7,15H,2,6H2,1H3. The molecule has 0 radical (unpaired) electrons. The van der Waals surface area contributed by atoms with E-state index in [1.54, 1.807) is 11.3 Å². The molecule has 5 heteroatoms. The van der Waals surface area contributed by atoms with Gasteiger partial charge < -0.3 is 5.32 Å². The molecule has 0 aliphatic heterocycles. The Morgan fingerprint density at radius 1 is 1.29 bits per heavy atom. The minimum Gasteiger partial charge on any atom is -0.377 e. The highest BCUT2D eigenvalue weighted by molar-refractivity contribution is 7.09. The Labute approximate surface area is 115 Å². The predicted octanol–water partition coefficient (Wildman–Crippen LogP) is 4.62. The lowest BCUT2D eigenvalue weighted by molar-refractivity contribution is 1.01. The maximum atomic E-state index is 6.06. The molecule has 17 heavy (non-hydrogen) atoms. The van der Waals surface area contributed by atoms with E-state index >= 15 is 0 Å². The highest BCUT2D eigenvalue weighted by atomic mass is 35.5. The van der Waals surface area contributed by atoms with Crippen LogP contribution in [-0.2, 0) is 13.0 Å². The van der Waals surface area contributed by atoms with Crippen LogP contribution in [0.25, 0.3) is 0 Å². The maximum Gasteiger partial charge on any atom is 0.0926 e. The third-order valence-electron chi connectivity index (χ3n) is 2.31. The maximum absolute atomic E-state index is 6.06. The molecule has 0 atom stereocenters. The summed E-state index contributed by atoms with van der Waals surface area (Å²) in [4.78, 5) is 4.47. The van der Waals surface area contributed by atoms with Gasteiger partial charge in [0.1, 0.15) is 0 Å². The van der Waals surface area contributed by atoms with E-state index in [9.17, 15) is 0 Å². The summed E-state index contributed by atoms with van der Waals surface area (Å²) in [5.41, 5.74) is 1.78. The van der Waals surface area contributed by atoms with Gasteiger partial charge in [-0.05, 0) is 18.6 Å². The molecule has 1 heterocycles. The van der Waals surface area contributed by atoms with Gasteiger partial charge in [0.2, 0.25) is 0 Å². The first kappa shape index (κ1) is 12.7. The topological polar surface area (TPSA) is 24.9 Å². The number of thiazole rings is 1. The zero-order valence-corrected chi connectivity index (χ0v) is 11.7. The van der Waals surface area contributed by atoms with E-state index in [0.29, 0.717) is 16.6 Å². The summed E-state index contributed by atoms with van der Waals surface area (Å²) in [6.07, 6.45) is 0.970. The van der Waals surface area contributed by atoms with E-state index in [2.05, 4.69) is 22.6 Å². The molecule has 0 unspecified atom stereocenters. The molecular formula is C12H12Cl2N2S. The number of nitrogens with zero attached hydrogens (tertiary/aromatic N) is 1. The molecule has 1 aromatic carbocycles. The molecule has 1 aromatic heterocycles. The molecule has 0 fully saturated rings. The van der Waals surface area contributed by atoms with E-state index in [0.717, 1.165) is 22.8 Å². The summed E-state index contributed by atoms with van der Waals surface area (Å²) >= 11 is 13.8. The summed E-state index contributed by atoms with van der Waals surface area (Å²) in [7, 11) is 0. The molecule has 2 nitrogen and oxygen atoms in total. The van der Waals surface area contributed by atoms with Crippen molar-refractivity contribution in [2.45, 2.75) is 19.9 Å². The second kappa shape index (κ2) is 5.71. The summed E-state index contributed by atoms with van der Waals surface area (Å²) in [5, 5.41) is 7.67. The van der Waals surface area contributed by atoms with Crippen molar-refractivity contribution in [3.05, 3.63) is 44.3 Å². The normalized spacial score (nSPS) is 10.5. The van der Waals surface area contributed by atoms with Gasteiger partial charge in [-0.1, -0.05) is 36.2 Å². The zero-order chi connectivity index (χ0) is 12.3. The summed E-state index contributed by atoms with van der Waals surface area (Å²) < 4.78 is 0. The average Bonchev–Trinajstić information content (AvgIpc) is 2.76. The van der Waals surface area contributed by atoms with Gasteiger partial charge in [-0.2, -0.15) is 0 Å². The van der Waals surface area contributed by atoms with Crippen molar-refractivity contribution in [2.75, 3.05) is 5.32 Å². The minimum atomic E-state index is 0.628. The van der Waals surface area contributed by atoms with Crippen LogP contribution in [0.5, 0.6) is 0 Å². The first-order valence-corrected chi connectivity index (χ1v) is 6.95. The molecule has 0 spiro atoms. The Kier molecular flexibility index (Phi) is 4.26. The van der Waals surface area contributed by atoms with E-state index in [-0.39, 0.29) is 0 Å². The number of hydrogen-bond acceptors (Lipinski definition) is 3. The lowest BCUT2D eigenvalue weighted by atomic mass is 10.3. The highest BCUT2D eigenvalue weighted by Gasteiger charge is 2.06.